The third kappa shape index (κ3) is 4.12. The summed E-state index contributed by atoms with van der Waals surface area (Å²) in [5, 5.41) is 2.92. The second kappa shape index (κ2) is 8.65. The van der Waals surface area contributed by atoms with Gasteiger partial charge in [-0.25, -0.2) is 9.97 Å². The van der Waals surface area contributed by atoms with Gasteiger partial charge in [-0.05, 0) is 37.8 Å². The third-order valence-electron chi connectivity index (χ3n) is 4.86. The molecule has 1 aromatic carbocycles. The van der Waals surface area contributed by atoms with Crippen molar-refractivity contribution in [2.75, 3.05) is 18.6 Å². The number of nitrogens with zero attached hydrogens (tertiary/aromatic N) is 3. The molecule has 1 unspecified atom stereocenters. The van der Waals surface area contributed by atoms with Crippen molar-refractivity contribution in [3.63, 3.8) is 0 Å². The summed E-state index contributed by atoms with van der Waals surface area (Å²) in [6.45, 7) is 3.53. The highest BCUT2D eigenvalue weighted by Gasteiger charge is 2.23. The topological polar surface area (TPSA) is 67.4 Å². The summed E-state index contributed by atoms with van der Waals surface area (Å²) in [7, 11) is 1.63. The number of rotatable bonds is 6. The average Bonchev–Trinajstić information content (AvgIpc) is 2.72. The number of para-hydroxylation sites is 1. The number of methoxy groups -OCH3 is 1. The minimum Gasteiger partial charge on any atom is -0.496 e. The Morgan fingerprint density at radius 2 is 2.15 bits per heavy atom. The van der Waals surface area contributed by atoms with Gasteiger partial charge in [-0.3, -0.25) is 4.79 Å². The Labute approximate surface area is 154 Å². The zero-order valence-corrected chi connectivity index (χ0v) is 15.4. The predicted octanol–water partition coefficient (Wildman–Crippen LogP) is 3.18. The van der Waals surface area contributed by atoms with E-state index in [4.69, 9.17) is 4.74 Å². The predicted molar refractivity (Wildman–Crippen MR) is 101 cm³/mol. The number of benzene rings is 1. The maximum absolute atomic E-state index is 12.5. The Morgan fingerprint density at radius 3 is 2.96 bits per heavy atom. The SMILES string of the molecule is CCC1CCCCN1c1nccc(C(=O)NCc2ccccc2OC)n1. The molecule has 1 aliphatic rings. The lowest BCUT2D eigenvalue weighted by molar-refractivity contribution is 0.0945. The fourth-order valence-electron chi connectivity index (χ4n) is 3.42. The molecule has 3 rings (SSSR count). The van der Waals surface area contributed by atoms with Crippen LogP contribution in [0.4, 0.5) is 5.95 Å². The van der Waals surface area contributed by atoms with Crippen LogP contribution in [-0.2, 0) is 6.54 Å². The van der Waals surface area contributed by atoms with Gasteiger partial charge in [0.1, 0.15) is 11.4 Å². The summed E-state index contributed by atoms with van der Waals surface area (Å²) in [6, 6.07) is 9.76. The van der Waals surface area contributed by atoms with Crippen LogP contribution < -0.4 is 15.0 Å². The van der Waals surface area contributed by atoms with Crippen molar-refractivity contribution >= 4 is 11.9 Å². The van der Waals surface area contributed by atoms with Gasteiger partial charge < -0.3 is 15.0 Å². The number of hydrogen-bond acceptors (Lipinski definition) is 5. The molecule has 1 amide bonds. The highest BCUT2D eigenvalue weighted by atomic mass is 16.5. The Balaban J connectivity index is 1.70. The van der Waals surface area contributed by atoms with Crippen LogP contribution in [0.2, 0.25) is 0 Å². The van der Waals surface area contributed by atoms with Gasteiger partial charge >= 0.3 is 0 Å². The number of carbonyl (C=O) groups is 1. The molecule has 0 bridgehead atoms. The summed E-state index contributed by atoms with van der Waals surface area (Å²) in [4.78, 5) is 23.7. The monoisotopic (exact) mass is 354 g/mol. The Morgan fingerprint density at radius 1 is 1.31 bits per heavy atom. The number of carbonyl (C=O) groups excluding carboxylic acids is 1. The molecule has 0 spiro atoms. The fraction of sp³-hybridized carbons (Fsp3) is 0.450. The molecule has 138 valence electrons. The van der Waals surface area contributed by atoms with E-state index in [1.807, 2.05) is 24.3 Å². The van der Waals surface area contributed by atoms with Gasteiger partial charge in [0, 0.05) is 30.9 Å². The number of amides is 1. The third-order valence-corrected chi connectivity index (χ3v) is 4.86. The quantitative estimate of drug-likeness (QED) is 0.863. The first-order valence-electron chi connectivity index (χ1n) is 9.22. The van der Waals surface area contributed by atoms with Crippen molar-refractivity contribution in [2.45, 2.75) is 45.2 Å². The first-order valence-corrected chi connectivity index (χ1v) is 9.22. The van der Waals surface area contributed by atoms with Crippen molar-refractivity contribution in [3.05, 3.63) is 47.8 Å². The maximum Gasteiger partial charge on any atom is 0.270 e. The van der Waals surface area contributed by atoms with Gasteiger partial charge in [0.05, 0.1) is 7.11 Å². The van der Waals surface area contributed by atoms with E-state index in [9.17, 15) is 4.79 Å². The van der Waals surface area contributed by atoms with Gasteiger partial charge in [-0.15, -0.1) is 0 Å². The molecule has 6 nitrogen and oxygen atoms in total. The van der Waals surface area contributed by atoms with Gasteiger partial charge in [0.15, 0.2) is 0 Å². The van der Waals surface area contributed by atoms with E-state index in [-0.39, 0.29) is 5.91 Å². The van der Waals surface area contributed by atoms with Gasteiger partial charge in [-0.2, -0.15) is 0 Å². The summed E-state index contributed by atoms with van der Waals surface area (Å²) in [5.74, 6) is 1.21. The maximum atomic E-state index is 12.5. The molecule has 1 N–H and O–H groups in total. The van der Waals surface area contributed by atoms with Crippen LogP contribution in [0.25, 0.3) is 0 Å². The highest BCUT2D eigenvalue weighted by molar-refractivity contribution is 5.92. The summed E-state index contributed by atoms with van der Waals surface area (Å²) < 4.78 is 5.32. The van der Waals surface area contributed by atoms with Crippen molar-refractivity contribution in [3.8, 4) is 5.75 Å². The van der Waals surface area contributed by atoms with E-state index >= 15 is 0 Å². The summed E-state index contributed by atoms with van der Waals surface area (Å²) >= 11 is 0. The molecule has 1 atom stereocenters. The van der Waals surface area contributed by atoms with Crippen molar-refractivity contribution in [1.29, 1.82) is 0 Å². The van der Waals surface area contributed by atoms with Gasteiger partial charge in [-0.1, -0.05) is 25.1 Å². The molecule has 2 heterocycles. The molecule has 26 heavy (non-hydrogen) atoms. The summed E-state index contributed by atoms with van der Waals surface area (Å²) in [6.07, 6.45) is 6.28. The molecule has 0 aliphatic carbocycles. The smallest absolute Gasteiger partial charge is 0.270 e. The Kier molecular flexibility index (Phi) is 6.04. The first kappa shape index (κ1) is 18.2. The van der Waals surface area contributed by atoms with Crippen molar-refractivity contribution in [2.24, 2.45) is 0 Å². The molecule has 0 radical (unpaired) electrons. The Bertz CT molecular complexity index is 750. The lowest BCUT2D eigenvalue weighted by Gasteiger charge is -2.35. The first-order chi connectivity index (χ1) is 12.7. The van der Waals surface area contributed by atoms with Crippen LogP contribution >= 0.6 is 0 Å². The van der Waals surface area contributed by atoms with Crippen LogP contribution in [0.5, 0.6) is 5.75 Å². The standard InChI is InChI=1S/C20H26N4O2/c1-3-16-9-6-7-13-24(16)20-21-12-11-17(23-20)19(25)22-14-15-8-4-5-10-18(15)26-2/h4-5,8,10-12,16H,3,6-7,9,13-14H2,1-2H3,(H,22,25). The van der Waals surface area contributed by atoms with Gasteiger partial charge in [0.25, 0.3) is 5.91 Å². The number of hydrogen-bond donors (Lipinski definition) is 1. The Hall–Kier alpha value is -2.63. The van der Waals surface area contributed by atoms with Crippen LogP contribution in [0.1, 0.15) is 48.7 Å². The molecule has 6 heteroatoms. The van der Waals surface area contributed by atoms with Crippen molar-refractivity contribution in [1.82, 2.24) is 15.3 Å². The van der Waals surface area contributed by atoms with E-state index < -0.39 is 0 Å². The van der Waals surface area contributed by atoms with E-state index in [2.05, 4.69) is 27.1 Å². The lowest BCUT2D eigenvalue weighted by Crippen LogP contribution is -2.40. The average molecular weight is 354 g/mol. The highest BCUT2D eigenvalue weighted by Crippen LogP contribution is 2.23. The fourth-order valence-corrected chi connectivity index (χ4v) is 3.42. The number of nitrogens with one attached hydrogen (secondary N) is 1. The van der Waals surface area contributed by atoms with Crippen LogP contribution in [-0.4, -0.2) is 35.6 Å². The molecular formula is C20H26N4O2. The van der Waals surface area contributed by atoms with Crippen molar-refractivity contribution < 1.29 is 9.53 Å². The minimum absolute atomic E-state index is 0.204. The normalized spacial score (nSPS) is 17.0. The molecule has 1 aromatic heterocycles. The van der Waals surface area contributed by atoms with Crippen LogP contribution in [0, 0.1) is 0 Å². The van der Waals surface area contributed by atoms with Crippen LogP contribution in [0.15, 0.2) is 36.5 Å². The lowest BCUT2D eigenvalue weighted by atomic mass is 10.0. The summed E-state index contributed by atoms with van der Waals surface area (Å²) in [5.41, 5.74) is 1.32. The molecule has 2 aromatic rings. The minimum atomic E-state index is -0.204. The zero-order valence-electron chi connectivity index (χ0n) is 15.4. The molecule has 1 fully saturated rings. The van der Waals surface area contributed by atoms with Gasteiger partial charge in [0.2, 0.25) is 5.95 Å². The second-order valence-electron chi connectivity index (χ2n) is 6.49. The molecule has 0 saturated carbocycles. The second-order valence-corrected chi connectivity index (χ2v) is 6.49. The number of aromatic nitrogens is 2. The number of piperidine rings is 1. The molecule has 1 aliphatic heterocycles. The number of anilines is 1. The molecular weight excluding hydrogens is 328 g/mol. The number of ether oxygens (including phenoxy) is 1. The van der Waals surface area contributed by atoms with E-state index in [1.54, 1.807) is 19.4 Å². The molecule has 1 saturated heterocycles. The van der Waals surface area contributed by atoms with E-state index in [0.29, 0.717) is 24.2 Å². The van der Waals surface area contributed by atoms with Crippen LogP contribution in [0.3, 0.4) is 0 Å². The largest absolute Gasteiger partial charge is 0.496 e. The van der Waals surface area contributed by atoms with E-state index in [1.165, 1.54) is 6.42 Å². The van der Waals surface area contributed by atoms with E-state index in [0.717, 1.165) is 37.1 Å². The zero-order chi connectivity index (χ0) is 18.4.